The molecule has 0 aliphatic carbocycles. The molecule has 0 aliphatic heterocycles. The van der Waals surface area contributed by atoms with Gasteiger partial charge in [-0.25, -0.2) is 4.79 Å². The standard InChI is InChI=1S/C29H41N3O5/c1-9-15-32(27(35)23(17-33)30-28(36)37-29(6,7)8)25(22-14-13-18(2)21(5)16-22)26(34)31-24-19(3)11-10-12-20(24)4/h10-14,16,23,25,33H,9,15,17H2,1-8H3,(H,30,36)(H,31,34). The summed E-state index contributed by atoms with van der Waals surface area (Å²) in [5.41, 5.74) is 4.41. The molecule has 2 aromatic carbocycles. The van der Waals surface area contributed by atoms with Crippen LogP contribution in [0.4, 0.5) is 10.5 Å². The molecule has 202 valence electrons. The largest absolute Gasteiger partial charge is 0.444 e. The minimum Gasteiger partial charge on any atom is -0.444 e. The summed E-state index contributed by atoms with van der Waals surface area (Å²) in [6.45, 7) is 14.4. The molecule has 0 fully saturated rings. The second-order valence-corrected chi connectivity index (χ2v) is 10.4. The predicted molar refractivity (Wildman–Crippen MR) is 145 cm³/mol. The third kappa shape index (κ3) is 8.05. The Morgan fingerprint density at radius 1 is 0.973 bits per heavy atom. The second-order valence-electron chi connectivity index (χ2n) is 10.4. The summed E-state index contributed by atoms with van der Waals surface area (Å²) in [5.74, 6) is -0.952. The fraction of sp³-hybridized carbons (Fsp3) is 0.483. The lowest BCUT2D eigenvalue weighted by Gasteiger charge is -2.34. The summed E-state index contributed by atoms with van der Waals surface area (Å²) in [6, 6.07) is 9.13. The van der Waals surface area contributed by atoms with E-state index in [0.29, 0.717) is 17.7 Å². The van der Waals surface area contributed by atoms with Crippen LogP contribution in [0.25, 0.3) is 0 Å². The summed E-state index contributed by atoms with van der Waals surface area (Å²) < 4.78 is 5.28. The van der Waals surface area contributed by atoms with Crippen LogP contribution < -0.4 is 10.6 Å². The molecule has 0 heterocycles. The molecule has 3 amide bonds. The molecule has 8 nitrogen and oxygen atoms in total. The van der Waals surface area contributed by atoms with Gasteiger partial charge in [-0.15, -0.1) is 0 Å². The predicted octanol–water partition coefficient (Wildman–Crippen LogP) is 4.72. The summed E-state index contributed by atoms with van der Waals surface area (Å²) >= 11 is 0. The lowest BCUT2D eigenvalue weighted by Crippen LogP contribution is -2.54. The minimum atomic E-state index is -1.27. The van der Waals surface area contributed by atoms with Crippen molar-refractivity contribution in [3.8, 4) is 0 Å². The van der Waals surface area contributed by atoms with E-state index >= 15 is 0 Å². The summed E-state index contributed by atoms with van der Waals surface area (Å²) in [7, 11) is 0. The topological polar surface area (TPSA) is 108 Å². The number of anilines is 1. The highest BCUT2D eigenvalue weighted by atomic mass is 16.6. The van der Waals surface area contributed by atoms with E-state index in [-0.39, 0.29) is 12.5 Å². The zero-order valence-electron chi connectivity index (χ0n) is 23.3. The van der Waals surface area contributed by atoms with Gasteiger partial charge >= 0.3 is 6.09 Å². The van der Waals surface area contributed by atoms with Gasteiger partial charge in [-0.2, -0.15) is 0 Å². The number of alkyl carbamates (subject to hydrolysis) is 1. The van der Waals surface area contributed by atoms with Gasteiger partial charge in [-0.1, -0.05) is 43.3 Å². The number of aliphatic hydroxyl groups excluding tert-OH is 1. The molecule has 2 atom stereocenters. The number of aliphatic hydroxyl groups is 1. The molecule has 0 aromatic heterocycles. The monoisotopic (exact) mass is 511 g/mol. The van der Waals surface area contributed by atoms with Gasteiger partial charge in [0, 0.05) is 12.2 Å². The average molecular weight is 512 g/mol. The maximum atomic E-state index is 13.9. The Balaban J connectivity index is 2.52. The first kappa shape index (κ1) is 29.8. The van der Waals surface area contributed by atoms with Crippen molar-refractivity contribution in [3.05, 3.63) is 64.2 Å². The van der Waals surface area contributed by atoms with Crippen molar-refractivity contribution in [2.75, 3.05) is 18.5 Å². The van der Waals surface area contributed by atoms with Crippen LogP contribution in [0.15, 0.2) is 36.4 Å². The van der Waals surface area contributed by atoms with Gasteiger partial charge in [-0.05, 0) is 82.7 Å². The Labute approximate surface area is 220 Å². The number of carbonyl (C=O) groups is 3. The first-order valence-corrected chi connectivity index (χ1v) is 12.6. The zero-order chi connectivity index (χ0) is 27.9. The summed E-state index contributed by atoms with van der Waals surface area (Å²) in [6.07, 6.45) is -0.256. The Bertz CT molecular complexity index is 1100. The Morgan fingerprint density at radius 3 is 2.11 bits per heavy atom. The average Bonchev–Trinajstić information content (AvgIpc) is 2.80. The van der Waals surface area contributed by atoms with Gasteiger partial charge in [0.2, 0.25) is 5.91 Å². The van der Waals surface area contributed by atoms with Gasteiger partial charge < -0.3 is 25.4 Å². The Morgan fingerprint density at radius 2 is 1.59 bits per heavy atom. The maximum absolute atomic E-state index is 13.9. The van der Waals surface area contributed by atoms with Crippen LogP contribution in [-0.4, -0.2) is 52.7 Å². The summed E-state index contributed by atoms with van der Waals surface area (Å²) in [4.78, 5) is 41.4. The number of para-hydroxylation sites is 1. The Hall–Kier alpha value is -3.39. The smallest absolute Gasteiger partial charge is 0.408 e. The third-order valence-corrected chi connectivity index (χ3v) is 6.06. The second kappa shape index (κ2) is 12.7. The number of aryl methyl sites for hydroxylation is 4. The van der Waals surface area contributed by atoms with Crippen LogP contribution in [0.2, 0.25) is 0 Å². The molecule has 0 saturated heterocycles. The molecular formula is C29H41N3O5. The zero-order valence-corrected chi connectivity index (χ0v) is 23.3. The molecule has 8 heteroatoms. The third-order valence-electron chi connectivity index (χ3n) is 6.06. The van der Waals surface area contributed by atoms with Gasteiger partial charge in [0.15, 0.2) is 0 Å². The van der Waals surface area contributed by atoms with E-state index in [1.807, 2.05) is 71.0 Å². The lowest BCUT2D eigenvalue weighted by atomic mass is 9.97. The van der Waals surface area contributed by atoms with Crippen LogP contribution in [0.3, 0.4) is 0 Å². The van der Waals surface area contributed by atoms with E-state index < -0.39 is 36.3 Å². The molecule has 2 unspecified atom stereocenters. The molecule has 0 spiro atoms. The number of rotatable bonds is 9. The van der Waals surface area contributed by atoms with E-state index in [4.69, 9.17) is 4.74 Å². The van der Waals surface area contributed by atoms with E-state index in [2.05, 4.69) is 10.6 Å². The molecule has 0 aliphatic rings. The molecule has 0 radical (unpaired) electrons. The van der Waals surface area contributed by atoms with Crippen LogP contribution in [0.1, 0.15) is 68.0 Å². The van der Waals surface area contributed by atoms with E-state index in [1.165, 1.54) is 4.90 Å². The van der Waals surface area contributed by atoms with Crippen molar-refractivity contribution < 1.29 is 24.2 Å². The van der Waals surface area contributed by atoms with Crippen molar-refractivity contribution in [1.82, 2.24) is 10.2 Å². The first-order valence-electron chi connectivity index (χ1n) is 12.6. The van der Waals surface area contributed by atoms with Crippen molar-refractivity contribution >= 4 is 23.6 Å². The first-order chi connectivity index (χ1) is 17.3. The quantitative estimate of drug-likeness (QED) is 0.451. The molecule has 2 aromatic rings. The van der Waals surface area contributed by atoms with Gasteiger partial charge in [0.1, 0.15) is 17.7 Å². The fourth-order valence-electron chi connectivity index (χ4n) is 4.05. The fourth-order valence-corrected chi connectivity index (χ4v) is 4.05. The number of hydrogen-bond acceptors (Lipinski definition) is 5. The van der Waals surface area contributed by atoms with Gasteiger partial charge in [0.05, 0.1) is 6.61 Å². The number of amides is 3. The van der Waals surface area contributed by atoms with Crippen molar-refractivity contribution in [2.45, 2.75) is 79.5 Å². The lowest BCUT2D eigenvalue weighted by molar-refractivity contribution is -0.141. The Kier molecular flexibility index (Phi) is 10.3. The molecule has 3 N–H and O–H groups in total. The van der Waals surface area contributed by atoms with Crippen molar-refractivity contribution in [3.63, 3.8) is 0 Å². The SMILES string of the molecule is CCCN(C(=O)C(CO)NC(=O)OC(C)(C)C)C(C(=O)Nc1c(C)cccc1C)c1ccc(C)c(C)c1. The molecule has 2 rings (SSSR count). The normalized spacial score (nSPS) is 12.9. The van der Waals surface area contributed by atoms with E-state index in [0.717, 1.165) is 22.3 Å². The maximum Gasteiger partial charge on any atom is 0.408 e. The van der Waals surface area contributed by atoms with Crippen LogP contribution >= 0.6 is 0 Å². The summed E-state index contributed by atoms with van der Waals surface area (Å²) in [5, 5.41) is 15.5. The van der Waals surface area contributed by atoms with E-state index in [1.54, 1.807) is 20.8 Å². The number of carbonyl (C=O) groups excluding carboxylic acids is 3. The highest BCUT2D eigenvalue weighted by Crippen LogP contribution is 2.28. The number of hydrogen-bond donors (Lipinski definition) is 3. The van der Waals surface area contributed by atoms with Crippen LogP contribution in [0, 0.1) is 27.7 Å². The number of nitrogens with zero attached hydrogens (tertiary/aromatic N) is 1. The van der Waals surface area contributed by atoms with Crippen LogP contribution in [0.5, 0.6) is 0 Å². The minimum absolute atomic E-state index is 0.239. The van der Waals surface area contributed by atoms with Gasteiger partial charge in [0.25, 0.3) is 5.91 Å². The molecule has 0 saturated carbocycles. The van der Waals surface area contributed by atoms with Crippen molar-refractivity contribution in [1.29, 1.82) is 0 Å². The van der Waals surface area contributed by atoms with E-state index in [9.17, 15) is 19.5 Å². The number of nitrogens with one attached hydrogen (secondary N) is 2. The molecule has 0 bridgehead atoms. The van der Waals surface area contributed by atoms with Crippen molar-refractivity contribution in [2.24, 2.45) is 0 Å². The highest BCUT2D eigenvalue weighted by molar-refractivity contribution is 6.00. The number of ether oxygens (including phenoxy) is 1. The molecular weight excluding hydrogens is 470 g/mol. The number of benzene rings is 2. The molecule has 37 heavy (non-hydrogen) atoms. The van der Waals surface area contributed by atoms with Gasteiger partial charge in [-0.3, -0.25) is 9.59 Å². The van der Waals surface area contributed by atoms with Crippen LogP contribution in [-0.2, 0) is 14.3 Å². The highest BCUT2D eigenvalue weighted by Gasteiger charge is 2.36.